The van der Waals surface area contributed by atoms with Gasteiger partial charge in [0.15, 0.2) is 6.61 Å². The van der Waals surface area contributed by atoms with Gasteiger partial charge in [-0.05, 0) is 24.3 Å². The number of esters is 1. The number of alkyl halides is 2. The molecule has 0 bridgehead atoms. The predicted molar refractivity (Wildman–Crippen MR) is 96.4 cm³/mol. The number of para-hydroxylation sites is 2. The summed E-state index contributed by atoms with van der Waals surface area (Å²) >= 11 is 5.89. The van der Waals surface area contributed by atoms with Crippen molar-refractivity contribution in [3.8, 4) is 5.75 Å². The molecule has 0 fully saturated rings. The van der Waals surface area contributed by atoms with Crippen molar-refractivity contribution in [3.05, 3.63) is 59.1 Å². The summed E-state index contributed by atoms with van der Waals surface area (Å²) in [4.78, 5) is 35.5. The van der Waals surface area contributed by atoms with Crippen LogP contribution in [0.15, 0.2) is 48.5 Å². The summed E-state index contributed by atoms with van der Waals surface area (Å²) < 4.78 is 33.7. The molecule has 0 aliphatic rings. The Hall–Kier alpha value is -3.20. The lowest BCUT2D eigenvalue weighted by Crippen LogP contribution is -2.32. The van der Waals surface area contributed by atoms with Gasteiger partial charge < -0.3 is 20.1 Å². The number of nitrogens with one attached hydrogen (secondary N) is 2. The van der Waals surface area contributed by atoms with E-state index in [1.165, 1.54) is 24.3 Å². The zero-order valence-electron chi connectivity index (χ0n) is 14.3. The summed E-state index contributed by atoms with van der Waals surface area (Å²) in [6.45, 7) is -4.26. The highest BCUT2D eigenvalue weighted by Gasteiger charge is 2.16. The van der Waals surface area contributed by atoms with Crippen LogP contribution in [0.5, 0.6) is 5.75 Å². The molecule has 7 nitrogen and oxygen atoms in total. The van der Waals surface area contributed by atoms with Gasteiger partial charge in [-0.25, -0.2) is 0 Å². The number of hydrogen-bond donors (Lipinski definition) is 2. The Labute approximate surface area is 163 Å². The smallest absolute Gasteiger partial charge is 0.387 e. The van der Waals surface area contributed by atoms with Crippen LogP contribution in [0.3, 0.4) is 0 Å². The quantitative estimate of drug-likeness (QED) is 0.650. The van der Waals surface area contributed by atoms with Crippen molar-refractivity contribution in [1.29, 1.82) is 0 Å². The van der Waals surface area contributed by atoms with Crippen LogP contribution in [0.1, 0.15) is 10.4 Å². The van der Waals surface area contributed by atoms with Gasteiger partial charge in [-0.2, -0.15) is 8.78 Å². The second-order valence-electron chi connectivity index (χ2n) is 5.25. The molecule has 0 aromatic heterocycles. The third-order valence-corrected chi connectivity index (χ3v) is 3.58. The average Bonchev–Trinajstić information content (AvgIpc) is 2.66. The van der Waals surface area contributed by atoms with Gasteiger partial charge in [0, 0.05) is 0 Å². The van der Waals surface area contributed by atoms with Crippen molar-refractivity contribution in [3.63, 3.8) is 0 Å². The number of halogens is 3. The Bertz CT molecular complexity index is 863. The summed E-state index contributed by atoms with van der Waals surface area (Å²) in [5.74, 6) is -2.66. The van der Waals surface area contributed by atoms with E-state index in [0.717, 1.165) is 0 Å². The Balaban J connectivity index is 1.80. The van der Waals surface area contributed by atoms with Gasteiger partial charge >= 0.3 is 12.6 Å². The van der Waals surface area contributed by atoms with Crippen LogP contribution in [-0.4, -0.2) is 37.5 Å². The summed E-state index contributed by atoms with van der Waals surface area (Å²) in [5.41, 5.74) is 0.182. The van der Waals surface area contributed by atoms with Gasteiger partial charge in [0.2, 0.25) is 0 Å². The van der Waals surface area contributed by atoms with Crippen molar-refractivity contribution in [2.24, 2.45) is 0 Å². The highest BCUT2D eigenvalue weighted by atomic mass is 35.5. The van der Waals surface area contributed by atoms with Crippen molar-refractivity contribution in [2.45, 2.75) is 6.61 Å². The fourth-order valence-electron chi connectivity index (χ4n) is 2.05. The van der Waals surface area contributed by atoms with Crippen molar-refractivity contribution >= 4 is 35.1 Å². The second kappa shape index (κ2) is 10.2. The SMILES string of the molecule is O=C(COC(=O)CNC(=O)c1ccccc1OC(F)F)Nc1ccccc1Cl. The fraction of sp³-hybridized carbons (Fsp3) is 0.167. The van der Waals surface area contributed by atoms with Crippen LogP contribution in [0.2, 0.25) is 5.02 Å². The summed E-state index contributed by atoms with van der Waals surface area (Å²) in [6.07, 6.45) is 0. The zero-order valence-corrected chi connectivity index (χ0v) is 15.0. The molecule has 148 valence electrons. The minimum absolute atomic E-state index is 0.174. The van der Waals surface area contributed by atoms with Crippen molar-refractivity contribution in [2.75, 3.05) is 18.5 Å². The van der Waals surface area contributed by atoms with E-state index in [4.69, 9.17) is 16.3 Å². The van der Waals surface area contributed by atoms with E-state index in [1.807, 2.05) is 0 Å². The Morgan fingerprint density at radius 2 is 1.71 bits per heavy atom. The summed E-state index contributed by atoms with van der Waals surface area (Å²) in [7, 11) is 0. The first-order valence-corrected chi connectivity index (χ1v) is 8.26. The van der Waals surface area contributed by atoms with E-state index in [-0.39, 0.29) is 11.3 Å². The van der Waals surface area contributed by atoms with Crippen LogP contribution in [0, 0.1) is 0 Å². The minimum Gasteiger partial charge on any atom is -0.454 e. The number of carbonyl (C=O) groups excluding carboxylic acids is 3. The molecule has 0 atom stereocenters. The highest BCUT2D eigenvalue weighted by molar-refractivity contribution is 6.33. The number of amides is 2. The molecule has 0 aliphatic carbocycles. The minimum atomic E-state index is -3.10. The molecule has 0 radical (unpaired) electrons. The molecule has 2 rings (SSSR count). The second-order valence-corrected chi connectivity index (χ2v) is 5.65. The van der Waals surface area contributed by atoms with Gasteiger partial charge in [-0.1, -0.05) is 35.9 Å². The first-order valence-electron chi connectivity index (χ1n) is 7.89. The monoisotopic (exact) mass is 412 g/mol. The lowest BCUT2D eigenvalue weighted by molar-refractivity contribution is -0.146. The van der Waals surface area contributed by atoms with Gasteiger partial charge in [-0.15, -0.1) is 0 Å². The molecule has 2 aromatic rings. The van der Waals surface area contributed by atoms with E-state index in [2.05, 4.69) is 15.4 Å². The molecule has 2 aromatic carbocycles. The maximum absolute atomic E-state index is 12.4. The van der Waals surface area contributed by atoms with E-state index < -0.39 is 37.5 Å². The largest absolute Gasteiger partial charge is 0.454 e. The normalized spacial score (nSPS) is 10.3. The Morgan fingerprint density at radius 1 is 1.04 bits per heavy atom. The van der Waals surface area contributed by atoms with Crippen LogP contribution in [0.4, 0.5) is 14.5 Å². The molecule has 0 saturated heterocycles. The molecule has 0 aliphatic heterocycles. The summed E-state index contributed by atoms with van der Waals surface area (Å²) in [6, 6.07) is 11.8. The number of benzene rings is 2. The molecule has 0 spiro atoms. The molecule has 2 amide bonds. The van der Waals surface area contributed by atoms with E-state index >= 15 is 0 Å². The maximum Gasteiger partial charge on any atom is 0.387 e. The molecular weight excluding hydrogens is 398 g/mol. The Morgan fingerprint density at radius 3 is 2.43 bits per heavy atom. The van der Waals surface area contributed by atoms with E-state index in [0.29, 0.717) is 10.7 Å². The number of hydrogen-bond acceptors (Lipinski definition) is 5. The molecule has 28 heavy (non-hydrogen) atoms. The van der Waals surface area contributed by atoms with E-state index in [1.54, 1.807) is 24.3 Å². The predicted octanol–water partition coefficient (Wildman–Crippen LogP) is 2.85. The molecule has 0 saturated carbocycles. The van der Waals surface area contributed by atoms with Gasteiger partial charge in [0.1, 0.15) is 12.3 Å². The lowest BCUT2D eigenvalue weighted by atomic mass is 10.2. The highest BCUT2D eigenvalue weighted by Crippen LogP contribution is 2.21. The standard InChI is InChI=1S/C18H15ClF2N2O5/c19-12-6-2-3-7-13(12)23-15(24)10-27-16(25)9-22-17(26)11-5-1-4-8-14(11)28-18(20)21/h1-8,18H,9-10H2,(H,22,26)(H,23,24). The number of anilines is 1. The molecule has 0 heterocycles. The fourth-order valence-corrected chi connectivity index (χ4v) is 2.23. The number of carbonyl (C=O) groups is 3. The van der Waals surface area contributed by atoms with Crippen LogP contribution >= 0.6 is 11.6 Å². The topological polar surface area (TPSA) is 93.7 Å². The zero-order chi connectivity index (χ0) is 20.5. The molecule has 0 unspecified atom stereocenters. The van der Waals surface area contributed by atoms with Crippen LogP contribution in [-0.2, 0) is 14.3 Å². The van der Waals surface area contributed by atoms with Gasteiger partial charge in [0.05, 0.1) is 16.3 Å². The molecule has 2 N–H and O–H groups in total. The third-order valence-electron chi connectivity index (χ3n) is 3.25. The molecular formula is C18H15ClF2N2O5. The number of ether oxygens (including phenoxy) is 2. The van der Waals surface area contributed by atoms with Gasteiger partial charge in [-0.3, -0.25) is 14.4 Å². The van der Waals surface area contributed by atoms with Crippen LogP contribution in [0.25, 0.3) is 0 Å². The van der Waals surface area contributed by atoms with Crippen molar-refractivity contribution in [1.82, 2.24) is 5.32 Å². The molecule has 10 heteroatoms. The lowest BCUT2D eigenvalue weighted by Gasteiger charge is -2.11. The first kappa shape index (κ1) is 21.1. The summed E-state index contributed by atoms with van der Waals surface area (Å²) in [5, 5.41) is 4.98. The first-order chi connectivity index (χ1) is 13.4. The van der Waals surface area contributed by atoms with Gasteiger partial charge in [0.25, 0.3) is 11.8 Å². The maximum atomic E-state index is 12.4. The van der Waals surface area contributed by atoms with Crippen LogP contribution < -0.4 is 15.4 Å². The third kappa shape index (κ3) is 6.51. The van der Waals surface area contributed by atoms with Crippen molar-refractivity contribution < 1.29 is 32.6 Å². The Kier molecular flexibility index (Phi) is 7.70. The number of rotatable bonds is 8. The average molecular weight is 413 g/mol. The van der Waals surface area contributed by atoms with E-state index in [9.17, 15) is 23.2 Å².